The first-order valence-corrected chi connectivity index (χ1v) is 6.67. The fourth-order valence-corrected chi connectivity index (χ4v) is 2.64. The van der Waals surface area contributed by atoms with Crippen LogP contribution in [0, 0.1) is 0 Å². The summed E-state index contributed by atoms with van der Waals surface area (Å²) < 4.78 is 5.30. The minimum absolute atomic E-state index is 0.0218. The van der Waals surface area contributed by atoms with Crippen LogP contribution in [-0.2, 0) is 9.53 Å². The normalized spacial score (nSPS) is 23.7. The summed E-state index contributed by atoms with van der Waals surface area (Å²) in [4.78, 5) is 36.2. The van der Waals surface area contributed by atoms with E-state index in [9.17, 15) is 14.4 Å². The lowest BCUT2D eigenvalue weighted by molar-refractivity contribution is -0.156. The molecule has 0 spiro atoms. The molecule has 1 atom stereocenters. The average molecular weight is 286 g/mol. The fraction of sp³-hybridized carbons (Fsp3) is 0.750. The van der Waals surface area contributed by atoms with E-state index in [1.54, 1.807) is 0 Å². The SMILES string of the molecule is O=C(OC1CCCC1)C1CN(C(=O)O)CCN1C(=O)O. The van der Waals surface area contributed by atoms with E-state index in [1.165, 1.54) is 0 Å². The van der Waals surface area contributed by atoms with E-state index in [-0.39, 0.29) is 25.7 Å². The molecule has 1 saturated heterocycles. The lowest BCUT2D eigenvalue weighted by Gasteiger charge is -2.37. The van der Waals surface area contributed by atoms with E-state index < -0.39 is 24.2 Å². The smallest absolute Gasteiger partial charge is 0.408 e. The zero-order valence-corrected chi connectivity index (χ0v) is 11.0. The first-order chi connectivity index (χ1) is 9.49. The monoisotopic (exact) mass is 286 g/mol. The number of hydrogen-bond donors (Lipinski definition) is 2. The summed E-state index contributed by atoms with van der Waals surface area (Å²) in [7, 11) is 0. The second-order valence-corrected chi connectivity index (χ2v) is 5.06. The maximum atomic E-state index is 12.1. The van der Waals surface area contributed by atoms with Crippen molar-refractivity contribution in [3.8, 4) is 0 Å². The summed E-state index contributed by atoms with van der Waals surface area (Å²) in [6, 6.07) is -1.07. The highest BCUT2D eigenvalue weighted by Crippen LogP contribution is 2.22. The molecule has 1 unspecified atom stereocenters. The molecule has 2 aliphatic rings. The van der Waals surface area contributed by atoms with E-state index in [0.29, 0.717) is 0 Å². The number of carboxylic acid groups (broad SMARTS) is 2. The van der Waals surface area contributed by atoms with Gasteiger partial charge in [0.25, 0.3) is 0 Å². The fourth-order valence-electron chi connectivity index (χ4n) is 2.64. The molecule has 2 amide bonds. The second-order valence-electron chi connectivity index (χ2n) is 5.06. The van der Waals surface area contributed by atoms with Crippen molar-refractivity contribution in [1.82, 2.24) is 9.80 Å². The van der Waals surface area contributed by atoms with Crippen LogP contribution in [0.25, 0.3) is 0 Å². The van der Waals surface area contributed by atoms with E-state index >= 15 is 0 Å². The summed E-state index contributed by atoms with van der Waals surface area (Å²) in [5, 5.41) is 18.1. The van der Waals surface area contributed by atoms with Crippen molar-refractivity contribution in [3.63, 3.8) is 0 Å². The first kappa shape index (κ1) is 14.4. The number of rotatable bonds is 2. The molecule has 1 aliphatic carbocycles. The van der Waals surface area contributed by atoms with Gasteiger partial charge in [-0.3, -0.25) is 4.90 Å². The van der Waals surface area contributed by atoms with Crippen molar-refractivity contribution in [2.24, 2.45) is 0 Å². The molecule has 0 bridgehead atoms. The molecule has 0 aromatic rings. The summed E-state index contributed by atoms with van der Waals surface area (Å²) >= 11 is 0. The Morgan fingerprint density at radius 2 is 1.65 bits per heavy atom. The minimum atomic E-state index is -1.23. The summed E-state index contributed by atoms with van der Waals surface area (Å²) in [5.74, 6) is -0.648. The van der Waals surface area contributed by atoms with Gasteiger partial charge in [-0.25, -0.2) is 14.4 Å². The number of carbonyl (C=O) groups excluding carboxylic acids is 1. The third kappa shape index (κ3) is 3.12. The Morgan fingerprint density at radius 3 is 2.20 bits per heavy atom. The zero-order valence-electron chi connectivity index (χ0n) is 11.0. The number of esters is 1. The molecule has 2 N–H and O–H groups in total. The predicted molar refractivity (Wildman–Crippen MR) is 66.5 cm³/mol. The van der Waals surface area contributed by atoms with Crippen molar-refractivity contribution >= 4 is 18.2 Å². The lowest BCUT2D eigenvalue weighted by atomic mass is 10.2. The number of carbonyl (C=O) groups is 3. The highest BCUT2D eigenvalue weighted by Gasteiger charge is 2.39. The van der Waals surface area contributed by atoms with Crippen molar-refractivity contribution in [2.45, 2.75) is 37.8 Å². The van der Waals surface area contributed by atoms with E-state index in [2.05, 4.69) is 0 Å². The standard InChI is InChI=1S/C12H18N2O6/c15-10(20-8-3-1-2-4-8)9-7-13(11(16)17)5-6-14(9)12(18)19/h8-9H,1-7H2,(H,16,17)(H,18,19). The Balaban J connectivity index is 2.03. The lowest BCUT2D eigenvalue weighted by Crippen LogP contribution is -2.59. The summed E-state index contributed by atoms with van der Waals surface area (Å²) in [5.41, 5.74) is 0. The van der Waals surface area contributed by atoms with Crippen LogP contribution in [0.5, 0.6) is 0 Å². The topological polar surface area (TPSA) is 107 Å². The molecule has 0 aromatic heterocycles. The van der Waals surface area contributed by atoms with Crippen LogP contribution in [0.4, 0.5) is 9.59 Å². The third-order valence-electron chi connectivity index (χ3n) is 3.75. The third-order valence-corrected chi connectivity index (χ3v) is 3.75. The molecule has 1 saturated carbocycles. The number of nitrogens with zero attached hydrogens (tertiary/aromatic N) is 2. The Bertz CT molecular complexity index is 407. The quantitative estimate of drug-likeness (QED) is 0.727. The van der Waals surface area contributed by atoms with Crippen molar-refractivity contribution in [1.29, 1.82) is 0 Å². The van der Waals surface area contributed by atoms with E-state index in [4.69, 9.17) is 14.9 Å². The van der Waals surface area contributed by atoms with Gasteiger partial charge in [0.2, 0.25) is 0 Å². The van der Waals surface area contributed by atoms with Gasteiger partial charge in [-0.05, 0) is 25.7 Å². The molecule has 0 radical (unpaired) electrons. The van der Waals surface area contributed by atoms with Crippen LogP contribution >= 0.6 is 0 Å². The van der Waals surface area contributed by atoms with Crippen LogP contribution in [0.15, 0.2) is 0 Å². The molecule has 112 valence electrons. The van der Waals surface area contributed by atoms with Crippen molar-refractivity contribution in [3.05, 3.63) is 0 Å². The number of piperazine rings is 1. The van der Waals surface area contributed by atoms with Crippen molar-refractivity contribution in [2.75, 3.05) is 19.6 Å². The first-order valence-electron chi connectivity index (χ1n) is 6.67. The highest BCUT2D eigenvalue weighted by atomic mass is 16.5. The van der Waals surface area contributed by atoms with Gasteiger partial charge in [0.05, 0.1) is 6.54 Å². The molecule has 1 heterocycles. The second kappa shape index (κ2) is 5.98. The van der Waals surface area contributed by atoms with Crippen LogP contribution in [0.2, 0.25) is 0 Å². The summed E-state index contributed by atoms with van der Waals surface area (Å²) in [6.07, 6.45) is 0.997. The van der Waals surface area contributed by atoms with Crippen LogP contribution in [0.3, 0.4) is 0 Å². The summed E-state index contributed by atoms with van der Waals surface area (Å²) in [6.45, 7) is -0.131. The van der Waals surface area contributed by atoms with Gasteiger partial charge in [0.1, 0.15) is 6.10 Å². The van der Waals surface area contributed by atoms with Crippen molar-refractivity contribution < 1.29 is 29.3 Å². The molecule has 2 rings (SSSR count). The van der Waals surface area contributed by atoms with E-state index in [1.807, 2.05) is 0 Å². The van der Waals surface area contributed by atoms with Gasteiger partial charge < -0.3 is 19.8 Å². The highest BCUT2D eigenvalue weighted by molar-refractivity contribution is 5.82. The van der Waals surface area contributed by atoms with Gasteiger partial charge >= 0.3 is 18.2 Å². The maximum Gasteiger partial charge on any atom is 0.408 e. The van der Waals surface area contributed by atoms with Crippen LogP contribution < -0.4 is 0 Å². The molecule has 8 heteroatoms. The number of ether oxygens (including phenoxy) is 1. The number of hydrogen-bond acceptors (Lipinski definition) is 4. The zero-order chi connectivity index (χ0) is 14.7. The Morgan fingerprint density at radius 1 is 1.00 bits per heavy atom. The molecule has 8 nitrogen and oxygen atoms in total. The van der Waals surface area contributed by atoms with Gasteiger partial charge in [-0.1, -0.05) is 0 Å². The maximum absolute atomic E-state index is 12.1. The largest absolute Gasteiger partial charge is 0.465 e. The molecular weight excluding hydrogens is 268 g/mol. The molecule has 0 aromatic carbocycles. The van der Waals surface area contributed by atoms with Crippen LogP contribution in [0.1, 0.15) is 25.7 Å². The minimum Gasteiger partial charge on any atom is -0.465 e. The van der Waals surface area contributed by atoms with Gasteiger partial charge in [0.15, 0.2) is 6.04 Å². The average Bonchev–Trinajstić information content (AvgIpc) is 2.90. The van der Waals surface area contributed by atoms with Gasteiger partial charge in [-0.15, -0.1) is 0 Å². The number of amides is 2. The predicted octanol–water partition coefficient (Wildman–Crippen LogP) is 0.814. The molecule has 2 fully saturated rings. The Hall–Kier alpha value is -1.99. The molecule has 20 heavy (non-hydrogen) atoms. The molecule has 1 aliphatic heterocycles. The van der Waals surface area contributed by atoms with E-state index in [0.717, 1.165) is 35.5 Å². The Labute approximate surface area is 115 Å². The Kier molecular flexibility index (Phi) is 4.31. The van der Waals surface area contributed by atoms with Gasteiger partial charge in [-0.2, -0.15) is 0 Å². The van der Waals surface area contributed by atoms with Crippen LogP contribution in [-0.4, -0.2) is 69.9 Å². The van der Waals surface area contributed by atoms with Gasteiger partial charge in [0, 0.05) is 13.1 Å². The molecular formula is C12H18N2O6.